The van der Waals surface area contributed by atoms with Gasteiger partial charge in [0.2, 0.25) is 0 Å². The maximum atomic E-state index is 12.7. The number of carbonyl (C=O) groups is 3. The molecular weight excluding hydrogens is 857 g/mol. The van der Waals surface area contributed by atoms with E-state index in [1.54, 1.807) is 4.90 Å². The van der Waals surface area contributed by atoms with Gasteiger partial charge < -0.3 is 37.1 Å². The Morgan fingerprint density at radius 1 is 0.769 bits per heavy atom. The smallest absolute Gasteiger partial charge is 0.410 e. The maximum absolute atomic E-state index is 12.7. The molecule has 7 N–H and O–H groups in total. The van der Waals surface area contributed by atoms with E-state index in [0.29, 0.717) is 63.8 Å². The van der Waals surface area contributed by atoms with Crippen molar-refractivity contribution in [2.75, 3.05) is 36.8 Å². The molecule has 0 aromatic carbocycles. The molecule has 0 spiro atoms. The third-order valence-corrected chi connectivity index (χ3v) is 10.3. The average Bonchev–Trinajstić information content (AvgIpc) is 3.93. The van der Waals surface area contributed by atoms with E-state index in [-0.39, 0.29) is 28.7 Å². The fourth-order valence-corrected chi connectivity index (χ4v) is 7.39. The monoisotopic (exact) mass is 904 g/mol. The summed E-state index contributed by atoms with van der Waals surface area (Å²) in [5, 5.41) is 17.8. The number of halogens is 4. The standard InChI is InChI=1S/C23H28F2N8O3.C18H20F2N8O/c1-23(2,3)36-22(35)32-6-4-5-14(10-32)30-21-19-18(27-12-28-21)15(20(26)34)7-16(31-19)13-8-29-33(9-13)11-17(24)25;19-14(20)8-28-7-10(5-25-28)13-4-12(17(21)29)15-16(27-13)18(24-9-23-15)26-11-2-1-3-22-6-11/h7-9,12,14,17H,4-6,10-11H2,1-3H3,(H2,26,34)(H,27,28,30);4-5,7,9,11,14,22H,1-3,6,8H2,(H2,21,29)(H,23,24,26)/t14-;11-/m00/s1. The SMILES string of the molecule is CC(C)(C)OC(=O)N1CCC[C@H](Nc2ncnc3c(C(N)=O)cc(-c4cnn(CC(F)F)c4)nc23)C1.NC(=O)c1cc(-c2cnn(CC(F)F)c2)nc2c(N[C@H]3CCCNC3)ncnc12. The molecule has 344 valence electrons. The number of nitrogens with one attached hydrogen (secondary N) is 3. The van der Waals surface area contributed by atoms with Gasteiger partial charge in [-0.05, 0) is 65.1 Å². The number of hydrogen-bond donors (Lipinski definition) is 5. The van der Waals surface area contributed by atoms with Crippen LogP contribution in [0.2, 0.25) is 0 Å². The minimum Gasteiger partial charge on any atom is -0.444 e. The van der Waals surface area contributed by atoms with Crippen molar-refractivity contribution in [2.24, 2.45) is 11.5 Å². The van der Waals surface area contributed by atoms with Gasteiger partial charge in [-0.15, -0.1) is 0 Å². The van der Waals surface area contributed by atoms with E-state index in [9.17, 15) is 31.9 Å². The van der Waals surface area contributed by atoms with Crippen molar-refractivity contribution in [3.05, 3.63) is 60.7 Å². The van der Waals surface area contributed by atoms with Gasteiger partial charge in [0, 0.05) is 55.2 Å². The molecule has 2 atom stereocenters. The van der Waals surface area contributed by atoms with Gasteiger partial charge in [0.1, 0.15) is 53.4 Å². The highest BCUT2D eigenvalue weighted by Crippen LogP contribution is 2.30. The zero-order chi connectivity index (χ0) is 46.4. The van der Waals surface area contributed by atoms with Crippen molar-refractivity contribution in [1.29, 1.82) is 0 Å². The van der Waals surface area contributed by atoms with Crippen LogP contribution in [0, 0.1) is 0 Å². The number of alkyl halides is 4. The third kappa shape index (κ3) is 11.5. The van der Waals surface area contributed by atoms with Crippen LogP contribution in [-0.4, -0.2) is 129 Å². The summed E-state index contributed by atoms with van der Waals surface area (Å²) >= 11 is 0. The van der Waals surface area contributed by atoms with Gasteiger partial charge in [0.25, 0.3) is 24.7 Å². The summed E-state index contributed by atoms with van der Waals surface area (Å²) in [5.41, 5.74) is 13.7. The van der Waals surface area contributed by atoms with Gasteiger partial charge in [0.05, 0.1) is 34.9 Å². The van der Waals surface area contributed by atoms with Crippen molar-refractivity contribution < 1.29 is 36.7 Å². The maximum Gasteiger partial charge on any atom is 0.410 e. The molecule has 0 bridgehead atoms. The normalized spacial score (nSPS) is 16.7. The van der Waals surface area contributed by atoms with E-state index in [2.05, 4.69) is 56.1 Å². The van der Waals surface area contributed by atoms with Crippen LogP contribution < -0.4 is 27.4 Å². The number of nitrogens with zero attached hydrogens (tertiary/aromatic N) is 11. The Kier molecular flexibility index (Phi) is 13.9. The molecule has 6 aromatic heterocycles. The first-order valence-electron chi connectivity index (χ1n) is 20.8. The number of ether oxygens (including phenoxy) is 1. The van der Waals surface area contributed by atoms with Crippen LogP contribution in [-0.2, 0) is 17.8 Å². The molecule has 20 nitrogen and oxygen atoms in total. The summed E-state index contributed by atoms with van der Waals surface area (Å²) < 4.78 is 58.5. The van der Waals surface area contributed by atoms with E-state index >= 15 is 0 Å². The number of fused-ring (bicyclic) bond motifs is 2. The van der Waals surface area contributed by atoms with Gasteiger partial charge in [-0.25, -0.2) is 52.3 Å². The number of amides is 3. The summed E-state index contributed by atoms with van der Waals surface area (Å²) in [7, 11) is 0. The number of piperidine rings is 2. The summed E-state index contributed by atoms with van der Waals surface area (Å²) in [6, 6.07) is 2.96. The summed E-state index contributed by atoms with van der Waals surface area (Å²) in [6.45, 7) is 7.07. The van der Waals surface area contributed by atoms with Crippen LogP contribution in [0.5, 0.6) is 0 Å². The second-order valence-electron chi connectivity index (χ2n) is 16.5. The largest absolute Gasteiger partial charge is 0.444 e. The van der Waals surface area contributed by atoms with Crippen molar-refractivity contribution in [1.82, 2.24) is 59.7 Å². The number of nitrogens with two attached hydrogens (primary N) is 2. The highest BCUT2D eigenvalue weighted by molar-refractivity contribution is 6.07. The van der Waals surface area contributed by atoms with Gasteiger partial charge in [-0.3, -0.25) is 19.0 Å². The van der Waals surface area contributed by atoms with Crippen LogP contribution in [0.4, 0.5) is 34.0 Å². The third-order valence-electron chi connectivity index (χ3n) is 10.3. The van der Waals surface area contributed by atoms with E-state index in [4.69, 9.17) is 16.2 Å². The molecule has 2 fully saturated rings. The number of rotatable bonds is 12. The first kappa shape index (κ1) is 45.9. The Labute approximate surface area is 369 Å². The minimum atomic E-state index is -2.57. The van der Waals surface area contributed by atoms with Gasteiger partial charge in [-0.1, -0.05) is 0 Å². The number of carbonyl (C=O) groups excluding carboxylic acids is 3. The highest BCUT2D eigenvalue weighted by Gasteiger charge is 2.29. The number of anilines is 2. The number of likely N-dealkylation sites (tertiary alicyclic amines) is 1. The molecule has 0 unspecified atom stereocenters. The highest BCUT2D eigenvalue weighted by atomic mass is 19.3. The van der Waals surface area contributed by atoms with Crippen molar-refractivity contribution in [3.63, 3.8) is 0 Å². The van der Waals surface area contributed by atoms with E-state index in [1.165, 1.54) is 49.6 Å². The molecular formula is C41H48F4N16O4. The molecule has 0 radical (unpaired) electrons. The topological polar surface area (TPSA) is 265 Å². The average molecular weight is 905 g/mol. The lowest BCUT2D eigenvalue weighted by Gasteiger charge is -2.34. The van der Waals surface area contributed by atoms with Crippen LogP contribution in [0.3, 0.4) is 0 Å². The molecule has 24 heteroatoms. The lowest BCUT2D eigenvalue weighted by atomic mass is 10.1. The van der Waals surface area contributed by atoms with Gasteiger partial charge in [-0.2, -0.15) is 10.2 Å². The molecule has 2 aliphatic heterocycles. The zero-order valence-electron chi connectivity index (χ0n) is 35.7. The summed E-state index contributed by atoms with van der Waals surface area (Å²) in [4.78, 5) is 64.6. The molecule has 65 heavy (non-hydrogen) atoms. The van der Waals surface area contributed by atoms with Crippen molar-refractivity contribution in [3.8, 4) is 22.5 Å². The fourth-order valence-electron chi connectivity index (χ4n) is 7.39. The van der Waals surface area contributed by atoms with Crippen molar-refractivity contribution in [2.45, 2.75) is 90.1 Å². The molecule has 8 heterocycles. The second kappa shape index (κ2) is 19.7. The van der Waals surface area contributed by atoms with E-state index < -0.39 is 49.4 Å². The van der Waals surface area contributed by atoms with Crippen LogP contribution in [0.1, 0.15) is 67.2 Å². The predicted octanol–water partition coefficient (Wildman–Crippen LogP) is 4.48. The van der Waals surface area contributed by atoms with Gasteiger partial charge in [0.15, 0.2) is 11.6 Å². The summed E-state index contributed by atoms with van der Waals surface area (Å²) in [6.07, 6.45) is 6.39. The van der Waals surface area contributed by atoms with Crippen molar-refractivity contribution >= 4 is 51.6 Å². The summed E-state index contributed by atoms with van der Waals surface area (Å²) in [5.74, 6) is -0.530. The molecule has 8 rings (SSSR count). The minimum absolute atomic E-state index is 0.112. The Morgan fingerprint density at radius 3 is 1.74 bits per heavy atom. The van der Waals surface area contributed by atoms with E-state index in [0.717, 1.165) is 48.1 Å². The lowest BCUT2D eigenvalue weighted by molar-refractivity contribution is 0.0206. The quantitative estimate of drug-likeness (QED) is 0.106. The Hall–Kier alpha value is -7.11. The van der Waals surface area contributed by atoms with Gasteiger partial charge >= 0.3 is 6.09 Å². The molecule has 0 saturated carbocycles. The lowest BCUT2D eigenvalue weighted by Crippen LogP contribution is -2.47. The Morgan fingerprint density at radius 2 is 1.28 bits per heavy atom. The zero-order valence-corrected chi connectivity index (χ0v) is 35.7. The molecule has 2 saturated heterocycles. The number of pyridine rings is 2. The number of aromatic nitrogens is 10. The number of hydrogen-bond acceptors (Lipinski definition) is 15. The van der Waals surface area contributed by atoms with E-state index in [1.807, 2.05) is 20.8 Å². The second-order valence-corrected chi connectivity index (χ2v) is 16.5. The van der Waals surface area contributed by atoms with Crippen LogP contribution in [0.25, 0.3) is 44.6 Å². The molecule has 0 aliphatic carbocycles. The Bertz CT molecular complexity index is 2670. The fraction of sp³-hybridized carbons (Fsp3) is 0.439. The molecule has 2 aliphatic rings. The molecule has 3 amide bonds. The Balaban J connectivity index is 0.000000198. The first-order chi connectivity index (χ1) is 31.0. The van der Waals surface area contributed by atoms with Crippen LogP contribution in [0.15, 0.2) is 49.6 Å². The first-order valence-corrected chi connectivity index (χ1v) is 20.8. The predicted molar refractivity (Wildman–Crippen MR) is 230 cm³/mol. The number of primary amides is 2. The van der Waals surface area contributed by atoms with Crippen LogP contribution >= 0.6 is 0 Å². The molecule has 6 aromatic rings.